The van der Waals surface area contributed by atoms with E-state index in [9.17, 15) is 0 Å². The van der Waals surface area contributed by atoms with Gasteiger partial charge < -0.3 is 5.73 Å². The van der Waals surface area contributed by atoms with Crippen molar-refractivity contribution < 1.29 is 0 Å². The van der Waals surface area contributed by atoms with Gasteiger partial charge in [0.15, 0.2) is 0 Å². The molecule has 1 rings (SSSR count). The third kappa shape index (κ3) is 1.30. The van der Waals surface area contributed by atoms with Crippen molar-refractivity contribution in [2.75, 3.05) is 5.73 Å². The van der Waals surface area contributed by atoms with Gasteiger partial charge in [-0.25, -0.2) is 0 Å². The Kier molecular flexibility index (Phi) is 2.06. The molecule has 0 atom stereocenters. The molecule has 0 unspecified atom stereocenters. The fraction of sp³-hybridized carbons (Fsp3) is 0.333. The first-order valence-corrected chi connectivity index (χ1v) is 3.83. The van der Waals surface area contributed by atoms with Gasteiger partial charge in [0.05, 0.1) is 10.6 Å². The molecule has 0 aromatic carbocycles. The summed E-state index contributed by atoms with van der Waals surface area (Å²) in [7, 11) is 1.75. The normalized spacial score (nSPS) is 9.55. The van der Waals surface area contributed by atoms with Crippen LogP contribution in [0.2, 0.25) is 0 Å². The monoisotopic (exact) mass is 168 g/mol. The molecule has 0 aliphatic heterocycles. The Morgan fingerprint density at radius 3 is 2.73 bits per heavy atom. The van der Waals surface area contributed by atoms with Crippen LogP contribution in [0, 0.1) is 17.6 Å². The Morgan fingerprint density at radius 1 is 1.73 bits per heavy atom. The van der Waals surface area contributed by atoms with Crippen molar-refractivity contribution in [3.63, 3.8) is 0 Å². The molecule has 5 heteroatoms. The highest BCUT2D eigenvalue weighted by Crippen LogP contribution is 2.26. The predicted molar refractivity (Wildman–Crippen MR) is 43.8 cm³/mol. The summed E-state index contributed by atoms with van der Waals surface area (Å²) >= 11 is 1.05. The van der Waals surface area contributed by atoms with Crippen LogP contribution in [0.15, 0.2) is 4.90 Å². The number of nitrogens with zero attached hydrogens (tertiary/aromatic N) is 3. The summed E-state index contributed by atoms with van der Waals surface area (Å²) in [6.07, 6.45) is 0. The van der Waals surface area contributed by atoms with E-state index < -0.39 is 0 Å². The number of aromatic nitrogens is 2. The molecular formula is C6H8N4S. The highest BCUT2D eigenvalue weighted by Gasteiger charge is 2.09. The standard InChI is InChI=1S/C6H8N4S/c1-4-5(11-3-7)6(8)10(2)9-4/h8H2,1-2H3. The minimum absolute atomic E-state index is 0.550. The second-order valence-corrected chi connectivity index (χ2v) is 2.91. The molecule has 0 aliphatic rings. The van der Waals surface area contributed by atoms with E-state index in [4.69, 9.17) is 11.0 Å². The molecule has 0 saturated carbocycles. The average Bonchev–Trinajstić information content (AvgIpc) is 2.17. The van der Waals surface area contributed by atoms with Gasteiger partial charge in [0, 0.05) is 7.05 Å². The summed E-state index contributed by atoms with van der Waals surface area (Å²) in [5, 5.41) is 14.4. The van der Waals surface area contributed by atoms with E-state index in [1.165, 1.54) is 0 Å². The van der Waals surface area contributed by atoms with Gasteiger partial charge >= 0.3 is 0 Å². The van der Waals surface area contributed by atoms with E-state index in [1.807, 2.05) is 12.3 Å². The molecule has 1 aromatic heterocycles. The Morgan fingerprint density at radius 2 is 2.36 bits per heavy atom. The summed E-state index contributed by atoms with van der Waals surface area (Å²) in [6.45, 7) is 1.83. The van der Waals surface area contributed by atoms with Gasteiger partial charge in [0.1, 0.15) is 11.2 Å². The number of nitrogen functional groups attached to an aromatic ring is 1. The Bertz CT molecular complexity index is 309. The van der Waals surface area contributed by atoms with Gasteiger partial charge in [-0.05, 0) is 18.7 Å². The quantitative estimate of drug-likeness (QED) is 0.499. The first-order valence-electron chi connectivity index (χ1n) is 3.01. The lowest BCUT2D eigenvalue weighted by molar-refractivity contribution is 0.767. The maximum atomic E-state index is 8.40. The first kappa shape index (κ1) is 7.95. The number of thiocyanates is 1. The van der Waals surface area contributed by atoms with Crippen LogP contribution < -0.4 is 5.73 Å². The molecule has 0 radical (unpaired) electrons. The van der Waals surface area contributed by atoms with Crippen molar-refractivity contribution in [1.29, 1.82) is 5.26 Å². The second kappa shape index (κ2) is 2.84. The minimum atomic E-state index is 0.550. The van der Waals surface area contributed by atoms with Crippen molar-refractivity contribution in [1.82, 2.24) is 9.78 Å². The predicted octanol–water partition coefficient (Wildman–Crippen LogP) is 0.884. The summed E-state index contributed by atoms with van der Waals surface area (Å²) in [6, 6.07) is 0. The van der Waals surface area contributed by atoms with Gasteiger partial charge in [-0.3, -0.25) is 4.68 Å². The van der Waals surface area contributed by atoms with Gasteiger partial charge in [0.2, 0.25) is 0 Å². The maximum absolute atomic E-state index is 8.40. The molecule has 0 aliphatic carbocycles. The van der Waals surface area contributed by atoms with Gasteiger partial charge in [-0.1, -0.05) is 0 Å². The van der Waals surface area contributed by atoms with Crippen molar-refractivity contribution in [2.45, 2.75) is 11.8 Å². The van der Waals surface area contributed by atoms with Crippen molar-refractivity contribution in [3.05, 3.63) is 5.69 Å². The molecule has 0 bridgehead atoms. The van der Waals surface area contributed by atoms with Crippen LogP contribution in [0.5, 0.6) is 0 Å². The third-order valence-corrected chi connectivity index (χ3v) is 2.16. The number of hydrogen-bond donors (Lipinski definition) is 1. The van der Waals surface area contributed by atoms with E-state index >= 15 is 0 Å². The first-order chi connectivity index (χ1) is 5.16. The van der Waals surface area contributed by atoms with Crippen LogP contribution in [0.4, 0.5) is 5.82 Å². The Labute approximate surface area is 69.0 Å². The van der Waals surface area contributed by atoms with Crippen LogP contribution in [0.1, 0.15) is 5.69 Å². The van der Waals surface area contributed by atoms with Crippen molar-refractivity contribution >= 4 is 17.6 Å². The van der Waals surface area contributed by atoms with Crippen LogP contribution in [0.25, 0.3) is 0 Å². The average molecular weight is 168 g/mol. The zero-order valence-corrected chi connectivity index (χ0v) is 7.14. The molecule has 0 fully saturated rings. The van der Waals surface area contributed by atoms with Crippen LogP contribution >= 0.6 is 11.8 Å². The molecule has 4 nitrogen and oxygen atoms in total. The number of thioether (sulfide) groups is 1. The molecule has 58 valence electrons. The molecule has 11 heavy (non-hydrogen) atoms. The lowest BCUT2D eigenvalue weighted by atomic mass is 10.5. The van der Waals surface area contributed by atoms with Crippen molar-refractivity contribution in [2.24, 2.45) is 7.05 Å². The summed E-state index contributed by atoms with van der Waals surface area (Å²) in [4.78, 5) is 0.759. The van der Waals surface area contributed by atoms with E-state index in [-0.39, 0.29) is 0 Å². The third-order valence-electron chi connectivity index (χ3n) is 1.36. The lowest BCUT2D eigenvalue weighted by Crippen LogP contribution is -1.97. The molecule has 1 heterocycles. The highest BCUT2D eigenvalue weighted by molar-refractivity contribution is 8.03. The fourth-order valence-electron chi connectivity index (χ4n) is 0.828. The molecule has 0 saturated heterocycles. The number of nitriles is 1. The zero-order valence-electron chi connectivity index (χ0n) is 6.33. The molecular weight excluding hydrogens is 160 g/mol. The fourth-order valence-corrected chi connectivity index (χ4v) is 1.34. The van der Waals surface area contributed by atoms with Gasteiger partial charge in [0.25, 0.3) is 0 Å². The van der Waals surface area contributed by atoms with Crippen molar-refractivity contribution in [3.8, 4) is 5.40 Å². The SMILES string of the molecule is Cc1nn(C)c(N)c1SC#N. The van der Waals surface area contributed by atoms with Crippen LogP contribution in [-0.2, 0) is 7.05 Å². The molecule has 2 N–H and O–H groups in total. The molecule has 1 aromatic rings. The number of rotatable bonds is 1. The zero-order chi connectivity index (χ0) is 8.43. The summed E-state index contributed by atoms with van der Waals surface area (Å²) in [5.74, 6) is 0.550. The summed E-state index contributed by atoms with van der Waals surface area (Å²) < 4.78 is 1.56. The van der Waals surface area contributed by atoms with E-state index in [1.54, 1.807) is 11.7 Å². The highest BCUT2D eigenvalue weighted by atomic mass is 32.2. The topological polar surface area (TPSA) is 67.6 Å². The smallest absolute Gasteiger partial charge is 0.138 e. The van der Waals surface area contributed by atoms with Gasteiger partial charge in [-0.15, -0.1) is 0 Å². The van der Waals surface area contributed by atoms with Gasteiger partial charge in [-0.2, -0.15) is 10.4 Å². The summed E-state index contributed by atoms with van der Waals surface area (Å²) in [5.41, 5.74) is 6.42. The van der Waals surface area contributed by atoms with Crippen LogP contribution in [-0.4, -0.2) is 9.78 Å². The van der Waals surface area contributed by atoms with Crippen LogP contribution in [0.3, 0.4) is 0 Å². The minimum Gasteiger partial charge on any atom is -0.383 e. The molecule has 0 spiro atoms. The number of hydrogen-bond acceptors (Lipinski definition) is 4. The Hall–Kier alpha value is -1.15. The van der Waals surface area contributed by atoms with E-state index in [0.717, 1.165) is 22.4 Å². The lowest BCUT2D eigenvalue weighted by Gasteiger charge is -1.92. The van der Waals surface area contributed by atoms with E-state index in [2.05, 4.69) is 5.10 Å². The largest absolute Gasteiger partial charge is 0.383 e. The maximum Gasteiger partial charge on any atom is 0.138 e. The number of nitrogens with two attached hydrogens (primary N) is 1. The Balaban J connectivity index is 3.14. The second-order valence-electron chi connectivity index (χ2n) is 2.12. The number of aryl methyl sites for hydroxylation is 2. The molecule has 0 amide bonds. The van der Waals surface area contributed by atoms with E-state index in [0.29, 0.717) is 5.82 Å². The number of anilines is 1.